The summed E-state index contributed by atoms with van der Waals surface area (Å²) in [5, 5.41) is 5.42. The summed E-state index contributed by atoms with van der Waals surface area (Å²) >= 11 is 1.73. The predicted molar refractivity (Wildman–Crippen MR) is 109 cm³/mol. The zero-order valence-electron chi connectivity index (χ0n) is 13.8. The molecule has 1 aromatic heterocycles. The maximum Gasteiger partial charge on any atom is 0.194 e. The number of guanidine groups is 1. The molecule has 4 nitrogen and oxygen atoms in total. The summed E-state index contributed by atoms with van der Waals surface area (Å²) in [5.41, 5.74) is 1.15. The SMILES string of the molecule is CCNC(=NCc1cccs1)N(C)Cc1ccccc1OC.I. The molecule has 0 aliphatic heterocycles. The zero-order chi connectivity index (χ0) is 15.8. The maximum absolute atomic E-state index is 5.42. The summed E-state index contributed by atoms with van der Waals surface area (Å²) in [6, 6.07) is 12.2. The van der Waals surface area contributed by atoms with Crippen molar-refractivity contribution in [3.05, 3.63) is 52.2 Å². The van der Waals surface area contributed by atoms with Crippen molar-refractivity contribution >= 4 is 41.3 Å². The third kappa shape index (κ3) is 6.02. The molecule has 0 radical (unpaired) electrons. The molecule has 0 amide bonds. The molecule has 0 atom stereocenters. The summed E-state index contributed by atoms with van der Waals surface area (Å²) < 4.78 is 5.42. The highest BCUT2D eigenvalue weighted by molar-refractivity contribution is 14.0. The molecule has 0 aliphatic carbocycles. The summed E-state index contributed by atoms with van der Waals surface area (Å²) in [6.07, 6.45) is 0. The number of thiophene rings is 1. The van der Waals surface area contributed by atoms with Gasteiger partial charge in [-0.3, -0.25) is 0 Å². The highest BCUT2D eigenvalue weighted by Crippen LogP contribution is 2.19. The Balaban J connectivity index is 0.00000264. The lowest BCUT2D eigenvalue weighted by Gasteiger charge is -2.23. The van der Waals surface area contributed by atoms with Gasteiger partial charge in [0.05, 0.1) is 13.7 Å². The molecule has 1 heterocycles. The Morgan fingerprint density at radius 3 is 2.70 bits per heavy atom. The molecule has 1 N–H and O–H groups in total. The van der Waals surface area contributed by atoms with Crippen LogP contribution in [-0.4, -0.2) is 31.6 Å². The first kappa shape index (κ1) is 19.8. The van der Waals surface area contributed by atoms with Gasteiger partial charge in [0, 0.05) is 30.6 Å². The van der Waals surface area contributed by atoms with Gasteiger partial charge >= 0.3 is 0 Å². The normalized spacial score (nSPS) is 10.8. The number of methoxy groups -OCH3 is 1. The second-order valence-corrected chi connectivity index (χ2v) is 5.95. The lowest BCUT2D eigenvalue weighted by Crippen LogP contribution is -2.38. The van der Waals surface area contributed by atoms with E-state index >= 15 is 0 Å². The van der Waals surface area contributed by atoms with Crippen molar-refractivity contribution in [2.75, 3.05) is 20.7 Å². The number of para-hydroxylation sites is 1. The van der Waals surface area contributed by atoms with Gasteiger partial charge in [-0.2, -0.15) is 0 Å². The fraction of sp³-hybridized carbons (Fsp3) is 0.353. The van der Waals surface area contributed by atoms with Gasteiger partial charge in [0.1, 0.15) is 5.75 Å². The topological polar surface area (TPSA) is 36.9 Å². The molecule has 0 bridgehead atoms. The third-order valence-electron chi connectivity index (χ3n) is 3.26. The first-order valence-electron chi connectivity index (χ1n) is 7.38. The van der Waals surface area contributed by atoms with Crippen molar-refractivity contribution in [3.8, 4) is 5.75 Å². The smallest absolute Gasteiger partial charge is 0.194 e. The van der Waals surface area contributed by atoms with Crippen LogP contribution in [-0.2, 0) is 13.1 Å². The Morgan fingerprint density at radius 2 is 2.04 bits per heavy atom. The molecule has 1 aromatic carbocycles. The zero-order valence-corrected chi connectivity index (χ0v) is 16.9. The second kappa shape index (κ2) is 10.5. The molecule has 2 rings (SSSR count). The average Bonchev–Trinajstić information content (AvgIpc) is 3.05. The van der Waals surface area contributed by atoms with E-state index in [1.54, 1.807) is 18.4 Å². The largest absolute Gasteiger partial charge is 0.496 e. The molecule has 126 valence electrons. The Bertz CT molecular complexity index is 602. The Kier molecular flexibility index (Phi) is 9.01. The van der Waals surface area contributed by atoms with Gasteiger partial charge in [-0.25, -0.2) is 4.99 Å². The molecule has 0 aliphatic rings. The highest BCUT2D eigenvalue weighted by Gasteiger charge is 2.09. The number of halogens is 1. The third-order valence-corrected chi connectivity index (χ3v) is 4.12. The van der Waals surface area contributed by atoms with Crippen molar-refractivity contribution < 1.29 is 4.74 Å². The Labute approximate surface area is 159 Å². The van der Waals surface area contributed by atoms with Crippen LogP contribution in [0, 0.1) is 0 Å². The van der Waals surface area contributed by atoms with E-state index in [1.807, 2.05) is 25.2 Å². The fourth-order valence-corrected chi connectivity index (χ4v) is 2.82. The summed E-state index contributed by atoms with van der Waals surface area (Å²) in [4.78, 5) is 8.09. The standard InChI is InChI=1S/C17H23N3OS.HI/c1-4-18-17(19-12-15-9-7-11-22-15)20(2)13-14-8-5-6-10-16(14)21-3;/h5-11H,4,12-13H2,1-3H3,(H,18,19);1H. The van der Waals surface area contributed by atoms with Gasteiger partial charge in [-0.05, 0) is 24.4 Å². The molecular formula is C17H24IN3OS. The van der Waals surface area contributed by atoms with Crippen LogP contribution in [0.1, 0.15) is 17.4 Å². The first-order chi connectivity index (χ1) is 10.7. The summed E-state index contributed by atoms with van der Waals surface area (Å²) in [7, 11) is 3.75. The van der Waals surface area contributed by atoms with E-state index in [0.717, 1.165) is 30.4 Å². The number of nitrogens with one attached hydrogen (secondary N) is 1. The lowest BCUT2D eigenvalue weighted by atomic mass is 10.2. The molecule has 0 spiro atoms. The maximum atomic E-state index is 5.42. The monoisotopic (exact) mass is 445 g/mol. The van der Waals surface area contributed by atoms with Crippen molar-refractivity contribution in [3.63, 3.8) is 0 Å². The average molecular weight is 445 g/mol. The number of hydrogen-bond donors (Lipinski definition) is 1. The molecule has 0 saturated heterocycles. The van der Waals surface area contributed by atoms with Crippen LogP contribution >= 0.6 is 35.3 Å². The van der Waals surface area contributed by atoms with Crippen LogP contribution in [0.25, 0.3) is 0 Å². The molecule has 2 aromatic rings. The minimum atomic E-state index is 0. The van der Waals surface area contributed by atoms with Gasteiger partial charge < -0.3 is 15.0 Å². The van der Waals surface area contributed by atoms with Gasteiger partial charge in [0.2, 0.25) is 0 Å². The summed E-state index contributed by atoms with van der Waals surface area (Å²) in [5.74, 6) is 1.81. The minimum Gasteiger partial charge on any atom is -0.496 e. The van der Waals surface area contributed by atoms with E-state index in [1.165, 1.54) is 4.88 Å². The highest BCUT2D eigenvalue weighted by atomic mass is 127. The fourth-order valence-electron chi connectivity index (χ4n) is 2.19. The Morgan fingerprint density at radius 1 is 1.26 bits per heavy atom. The predicted octanol–water partition coefficient (Wildman–Crippen LogP) is 3.97. The molecule has 0 unspecified atom stereocenters. The van der Waals surface area contributed by atoms with E-state index in [-0.39, 0.29) is 24.0 Å². The molecule has 6 heteroatoms. The van der Waals surface area contributed by atoms with Crippen LogP contribution in [0.2, 0.25) is 0 Å². The first-order valence-corrected chi connectivity index (χ1v) is 8.26. The molecule has 0 fully saturated rings. The quantitative estimate of drug-likeness (QED) is 0.416. The number of hydrogen-bond acceptors (Lipinski definition) is 3. The van der Waals surface area contributed by atoms with Gasteiger partial charge in [0.25, 0.3) is 0 Å². The van der Waals surface area contributed by atoms with Gasteiger partial charge in [0.15, 0.2) is 5.96 Å². The molecular weight excluding hydrogens is 421 g/mol. The van der Waals surface area contributed by atoms with E-state index in [0.29, 0.717) is 6.54 Å². The van der Waals surface area contributed by atoms with E-state index in [4.69, 9.17) is 9.73 Å². The number of nitrogens with zero attached hydrogens (tertiary/aromatic N) is 2. The van der Waals surface area contributed by atoms with Crippen LogP contribution in [0.5, 0.6) is 5.75 Å². The van der Waals surface area contributed by atoms with Crippen molar-refractivity contribution in [2.45, 2.75) is 20.0 Å². The number of rotatable bonds is 6. The minimum absolute atomic E-state index is 0. The number of aliphatic imine (C=N–C) groups is 1. The number of ether oxygens (including phenoxy) is 1. The van der Waals surface area contributed by atoms with Crippen LogP contribution in [0.3, 0.4) is 0 Å². The molecule has 0 saturated carbocycles. The van der Waals surface area contributed by atoms with E-state index < -0.39 is 0 Å². The van der Waals surface area contributed by atoms with E-state index in [9.17, 15) is 0 Å². The lowest BCUT2D eigenvalue weighted by molar-refractivity contribution is 0.396. The van der Waals surface area contributed by atoms with E-state index in [2.05, 4.69) is 40.7 Å². The van der Waals surface area contributed by atoms with Crippen LogP contribution in [0.15, 0.2) is 46.8 Å². The summed E-state index contributed by atoms with van der Waals surface area (Å²) in [6.45, 7) is 4.38. The van der Waals surface area contributed by atoms with Crippen molar-refractivity contribution in [1.82, 2.24) is 10.2 Å². The van der Waals surface area contributed by atoms with Crippen molar-refractivity contribution in [1.29, 1.82) is 0 Å². The number of benzene rings is 1. The second-order valence-electron chi connectivity index (χ2n) is 4.92. The van der Waals surface area contributed by atoms with Gasteiger partial charge in [-0.1, -0.05) is 24.3 Å². The molecule has 23 heavy (non-hydrogen) atoms. The van der Waals surface area contributed by atoms with Crippen LogP contribution < -0.4 is 10.1 Å². The Hall–Kier alpha value is -1.28. The van der Waals surface area contributed by atoms with Crippen molar-refractivity contribution in [2.24, 2.45) is 4.99 Å². The van der Waals surface area contributed by atoms with Gasteiger partial charge in [-0.15, -0.1) is 35.3 Å². The van der Waals surface area contributed by atoms with Crippen LogP contribution in [0.4, 0.5) is 0 Å².